The molecule has 0 spiro atoms. The minimum Gasteiger partial charge on any atom is -0.297 e. The fourth-order valence-corrected chi connectivity index (χ4v) is 3.91. The van der Waals surface area contributed by atoms with Crippen molar-refractivity contribution in [2.45, 2.75) is 18.8 Å². The first-order chi connectivity index (χ1) is 9.79. The fourth-order valence-electron chi connectivity index (χ4n) is 2.16. The highest BCUT2D eigenvalue weighted by atomic mass is 32.1. The van der Waals surface area contributed by atoms with Crippen molar-refractivity contribution in [3.63, 3.8) is 0 Å². The van der Waals surface area contributed by atoms with Crippen molar-refractivity contribution < 1.29 is 4.79 Å². The summed E-state index contributed by atoms with van der Waals surface area (Å²) in [6, 6.07) is 9.97. The summed E-state index contributed by atoms with van der Waals surface area (Å²) in [5.74, 6) is 0.559. The van der Waals surface area contributed by atoms with E-state index in [2.05, 4.69) is 15.7 Å². The number of thiophene rings is 1. The molecule has 1 saturated carbocycles. The first-order valence-corrected chi connectivity index (χ1v) is 8.24. The zero-order valence-electron chi connectivity index (χ0n) is 10.6. The number of benzene rings is 1. The maximum atomic E-state index is 12.2. The van der Waals surface area contributed by atoms with Crippen LogP contribution in [0.1, 0.15) is 34.1 Å². The molecule has 3 aromatic rings. The van der Waals surface area contributed by atoms with Gasteiger partial charge in [0.25, 0.3) is 5.91 Å². The Morgan fingerprint density at radius 1 is 1.30 bits per heavy atom. The number of carbonyl (C=O) groups is 1. The first kappa shape index (κ1) is 12.1. The molecule has 3 nitrogen and oxygen atoms in total. The molecule has 0 aliphatic heterocycles. The van der Waals surface area contributed by atoms with Crippen LogP contribution < -0.4 is 5.32 Å². The highest BCUT2D eigenvalue weighted by Gasteiger charge is 2.26. The normalized spacial score (nSPS) is 14.6. The summed E-state index contributed by atoms with van der Waals surface area (Å²) in [6.45, 7) is 0. The lowest BCUT2D eigenvalue weighted by Gasteiger charge is -1.97. The number of amides is 1. The van der Waals surface area contributed by atoms with Crippen LogP contribution in [0.15, 0.2) is 35.7 Å². The van der Waals surface area contributed by atoms with Crippen molar-refractivity contribution in [1.29, 1.82) is 0 Å². The molecule has 1 fully saturated rings. The predicted molar refractivity (Wildman–Crippen MR) is 83.9 cm³/mol. The molecule has 0 saturated heterocycles. The highest BCUT2D eigenvalue weighted by molar-refractivity contribution is 7.21. The summed E-state index contributed by atoms with van der Waals surface area (Å²) >= 11 is 3.02. The van der Waals surface area contributed by atoms with Crippen LogP contribution in [0.3, 0.4) is 0 Å². The summed E-state index contributed by atoms with van der Waals surface area (Å²) < 4.78 is 1.13. The van der Waals surface area contributed by atoms with E-state index in [1.165, 1.54) is 35.5 Å². The van der Waals surface area contributed by atoms with E-state index in [1.807, 2.05) is 30.3 Å². The Morgan fingerprint density at radius 2 is 2.15 bits per heavy atom. The average Bonchev–Trinajstić information content (AvgIpc) is 3.04. The third-order valence-electron chi connectivity index (χ3n) is 3.39. The average molecular weight is 300 g/mol. The van der Waals surface area contributed by atoms with Gasteiger partial charge in [0.05, 0.1) is 10.6 Å². The van der Waals surface area contributed by atoms with Gasteiger partial charge in [-0.1, -0.05) is 18.2 Å². The Morgan fingerprint density at radius 3 is 2.95 bits per heavy atom. The Balaban J connectivity index is 1.56. The molecule has 2 heterocycles. The highest BCUT2D eigenvalue weighted by Crippen LogP contribution is 2.41. The molecule has 1 aliphatic carbocycles. The first-order valence-electron chi connectivity index (χ1n) is 6.55. The van der Waals surface area contributed by atoms with Gasteiger partial charge in [-0.15, -0.1) is 22.7 Å². The number of nitrogens with zero attached hydrogens (tertiary/aromatic N) is 1. The zero-order valence-corrected chi connectivity index (χ0v) is 12.3. The molecular weight excluding hydrogens is 288 g/mol. The van der Waals surface area contributed by atoms with E-state index in [1.54, 1.807) is 0 Å². The molecule has 1 aromatic carbocycles. The second-order valence-corrected chi connectivity index (χ2v) is 6.90. The largest absolute Gasteiger partial charge is 0.297 e. The van der Waals surface area contributed by atoms with E-state index in [0.29, 0.717) is 11.0 Å². The van der Waals surface area contributed by atoms with Crippen molar-refractivity contribution in [2.75, 3.05) is 5.32 Å². The van der Waals surface area contributed by atoms with Crippen LogP contribution in [0.2, 0.25) is 0 Å². The number of fused-ring (bicyclic) bond motifs is 1. The van der Waals surface area contributed by atoms with Crippen LogP contribution in [0, 0.1) is 0 Å². The number of carbonyl (C=O) groups excluding carboxylic acids is 1. The van der Waals surface area contributed by atoms with Crippen molar-refractivity contribution >= 4 is 43.8 Å². The molecule has 0 radical (unpaired) electrons. The SMILES string of the molecule is O=C(Nc1nc(C2CC2)cs1)c1cc2ccccc2s1. The quantitative estimate of drug-likeness (QED) is 0.774. The van der Waals surface area contributed by atoms with Crippen LogP contribution in [0.5, 0.6) is 0 Å². The summed E-state index contributed by atoms with van der Waals surface area (Å²) in [5.41, 5.74) is 1.13. The molecule has 0 atom stereocenters. The molecule has 100 valence electrons. The Kier molecular flexibility index (Phi) is 2.82. The van der Waals surface area contributed by atoms with Crippen molar-refractivity contribution in [2.24, 2.45) is 0 Å². The molecule has 5 heteroatoms. The summed E-state index contributed by atoms with van der Waals surface area (Å²) in [5, 5.41) is 6.77. The Labute approximate surface area is 124 Å². The summed E-state index contributed by atoms with van der Waals surface area (Å²) in [7, 11) is 0. The van der Waals surface area contributed by atoms with Crippen LogP contribution in [-0.2, 0) is 0 Å². The van der Waals surface area contributed by atoms with Gasteiger partial charge >= 0.3 is 0 Å². The van der Waals surface area contributed by atoms with Gasteiger partial charge in [0.15, 0.2) is 5.13 Å². The van der Waals surface area contributed by atoms with Gasteiger partial charge in [-0.25, -0.2) is 4.98 Å². The van der Waals surface area contributed by atoms with E-state index >= 15 is 0 Å². The van der Waals surface area contributed by atoms with Crippen LogP contribution in [0.4, 0.5) is 5.13 Å². The van der Waals surface area contributed by atoms with Gasteiger partial charge in [0.2, 0.25) is 0 Å². The molecule has 0 bridgehead atoms. The van der Waals surface area contributed by atoms with Gasteiger partial charge in [-0.05, 0) is 30.4 Å². The lowest BCUT2D eigenvalue weighted by atomic mass is 10.2. The van der Waals surface area contributed by atoms with Gasteiger partial charge in [0.1, 0.15) is 0 Å². The maximum Gasteiger partial charge on any atom is 0.267 e. The molecule has 0 unspecified atom stereocenters. The van der Waals surface area contributed by atoms with Crippen molar-refractivity contribution in [3.8, 4) is 0 Å². The van der Waals surface area contributed by atoms with E-state index in [0.717, 1.165) is 20.7 Å². The van der Waals surface area contributed by atoms with Crippen LogP contribution in [-0.4, -0.2) is 10.9 Å². The number of rotatable bonds is 3. The standard InChI is InChI=1S/C15H12N2OS2/c18-14(13-7-10-3-1-2-4-12(10)20-13)17-15-16-11(8-19-15)9-5-6-9/h1-4,7-9H,5-6H2,(H,16,17,18). The zero-order chi connectivity index (χ0) is 13.5. The second kappa shape index (κ2) is 4.68. The number of nitrogens with one attached hydrogen (secondary N) is 1. The van der Waals surface area contributed by atoms with Crippen molar-refractivity contribution in [3.05, 3.63) is 46.3 Å². The van der Waals surface area contributed by atoms with E-state index in [4.69, 9.17) is 0 Å². The minimum absolute atomic E-state index is 0.0668. The van der Waals surface area contributed by atoms with E-state index in [-0.39, 0.29) is 5.91 Å². The van der Waals surface area contributed by atoms with Gasteiger partial charge in [0, 0.05) is 16.0 Å². The third kappa shape index (κ3) is 2.23. The molecule has 1 amide bonds. The molecule has 1 N–H and O–H groups in total. The van der Waals surface area contributed by atoms with Gasteiger partial charge < -0.3 is 0 Å². The molecule has 4 rings (SSSR count). The Hall–Kier alpha value is -1.72. The summed E-state index contributed by atoms with van der Waals surface area (Å²) in [4.78, 5) is 17.5. The Bertz CT molecular complexity index is 753. The second-order valence-electron chi connectivity index (χ2n) is 4.95. The van der Waals surface area contributed by atoms with Crippen LogP contribution in [0.25, 0.3) is 10.1 Å². The fraction of sp³-hybridized carbons (Fsp3) is 0.200. The minimum atomic E-state index is -0.0668. The smallest absolute Gasteiger partial charge is 0.267 e. The topological polar surface area (TPSA) is 42.0 Å². The number of thiazole rings is 1. The van der Waals surface area contributed by atoms with Crippen LogP contribution >= 0.6 is 22.7 Å². The molecule has 1 aliphatic rings. The third-order valence-corrected chi connectivity index (χ3v) is 5.28. The molecule has 2 aromatic heterocycles. The summed E-state index contributed by atoms with van der Waals surface area (Å²) in [6.07, 6.45) is 2.46. The number of aromatic nitrogens is 1. The van der Waals surface area contributed by atoms with E-state index in [9.17, 15) is 4.79 Å². The molecular formula is C15H12N2OS2. The number of anilines is 1. The van der Waals surface area contributed by atoms with Crippen molar-refractivity contribution in [1.82, 2.24) is 4.98 Å². The lowest BCUT2D eigenvalue weighted by Crippen LogP contribution is -2.09. The monoisotopic (exact) mass is 300 g/mol. The number of hydrogen-bond donors (Lipinski definition) is 1. The van der Waals surface area contributed by atoms with Gasteiger partial charge in [-0.3, -0.25) is 10.1 Å². The predicted octanol–water partition coefficient (Wildman–Crippen LogP) is 4.49. The number of hydrogen-bond acceptors (Lipinski definition) is 4. The lowest BCUT2D eigenvalue weighted by molar-refractivity contribution is 0.103. The molecule has 20 heavy (non-hydrogen) atoms. The maximum absolute atomic E-state index is 12.2. The van der Waals surface area contributed by atoms with E-state index < -0.39 is 0 Å². The van der Waals surface area contributed by atoms with Gasteiger partial charge in [-0.2, -0.15) is 0 Å².